The lowest BCUT2D eigenvalue weighted by atomic mass is 10.1. The molecule has 0 spiro atoms. The van der Waals surface area contributed by atoms with Gasteiger partial charge in [0.05, 0.1) is 17.7 Å². The minimum Gasteiger partial charge on any atom is -0.463 e. The van der Waals surface area contributed by atoms with Crippen molar-refractivity contribution in [3.05, 3.63) is 58.5 Å². The summed E-state index contributed by atoms with van der Waals surface area (Å²) in [5, 5.41) is 10.3. The third-order valence-corrected chi connectivity index (χ3v) is 4.79. The van der Waals surface area contributed by atoms with E-state index in [1.54, 1.807) is 36.4 Å². The van der Waals surface area contributed by atoms with Gasteiger partial charge in [-0.25, -0.2) is 0 Å². The molecule has 2 heterocycles. The molecular weight excluding hydrogens is 394 g/mol. The molecule has 0 aliphatic carbocycles. The number of carbonyl (C=O) groups is 2. The molecule has 1 fully saturated rings. The number of hydrogen-bond donors (Lipinski definition) is 1. The lowest BCUT2D eigenvalue weighted by molar-refractivity contribution is -0.118. The molecule has 122 valence electrons. The Labute approximate surface area is 150 Å². The Morgan fingerprint density at radius 3 is 2.83 bits per heavy atom. The number of rotatable bonds is 5. The molecule has 0 saturated carbocycles. The predicted molar refractivity (Wildman–Crippen MR) is 96.3 cm³/mol. The van der Waals surface area contributed by atoms with Gasteiger partial charge in [-0.1, -0.05) is 39.8 Å². The first kappa shape index (κ1) is 16.7. The van der Waals surface area contributed by atoms with Gasteiger partial charge in [-0.05, 0) is 24.3 Å². The molecule has 1 unspecified atom stereocenters. The minimum atomic E-state index is -0.501. The van der Waals surface area contributed by atoms with Gasteiger partial charge in [0, 0.05) is 16.5 Å². The fourth-order valence-corrected chi connectivity index (χ4v) is 3.20. The molecule has 2 aromatic rings. The number of ketones is 1. The topological polar surface area (TPSA) is 84.0 Å². The highest BCUT2D eigenvalue weighted by Crippen LogP contribution is 2.24. The smallest absolute Gasteiger partial charge is 0.240 e. The van der Waals surface area contributed by atoms with Crippen LogP contribution in [0, 0.1) is 0 Å². The van der Waals surface area contributed by atoms with E-state index in [1.807, 2.05) is 0 Å². The fraction of sp³-hybridized carbons (Fsp3) is 0.125. The van der Waals surface area contributed by atoms with Gasteiger partial charge in [-0.15, -0.1) is 5.10 Å². The molecule has 1 aliphatic rings. The van der Waals surface area contributed by atoms with Crippen molar-refractivity contribution >= 4 is 50.8 Å². The number of amidine groups is 1. The molecular formula is C16H12BrN3O3S. The molecule has 3 rings (SSSR count). The van der Waals surface area contributed by atoms with Crippen LogP contribution in [0.2, 0.25) is 0 Å². The maximum absolute atomic E-state index is 12.2. The zero-order chi connectivity index (χ0) is 16.9. The summed E-state index contributed by atoms with van der Waals surface area (Å²) in [5.41, 5.74) is 0.577. The summed E-state index contributed by atoms with van der Waals surface area (Å²) in [7, 11) is 0. The van der Waals surface area contributed by atoms with E-state index in [9.17, 15) is 9.59 Å². The molecule has 0 bridgehead atoms. The van der Waals surface area contributed by atoms with E-state index in [4.69, 9.17) is 4.42 Å². The summed E-state index contributed by atoms with van der Waals surface area (Å²) < 4.78 is 5.99. The first-order valence-corrected chi connectivity index (χ1v) is 8.70. The monoisotopic (exact) mass is 405 g/mol. The summed E-state index contributed by atoms with van der Waals surface area (Å²) in [6.45, 7) is 0. The SMILES string of the molecule is O=C(CC1S/C(=N/N=C\c2ccco2)NC1=O)c1ccc(Br)cc1. The second-order valence-corrected chi connectivity index (χ2v) is 7.00. The number of thioether (sulfide) groups is 1. The van der Waals surface area contributed by atoms with E-state index in [2.05, 4.69) is 31.4 Å². The number of benzene rings is 1. The van der Waals surface area contributed by atoms with Gasteiger partial charge in [0.25, 0.3) is 0 Å². The maximum Gasteiger partial charge on any atom is 0.240 e. The molecule has 24 heavy (non-hydrogen) atoms. The largest absolute Gasteiger partial charge is 0.463 e. The highest BCUT2D eigenvalue weighted by atomic mass is 79.9. The molecule has 6 nitrogen and oxygen atoms in total. The lowest BCUT2D eigenvalue weighted by Crippen LogP contribution is -2.26. The van der Waals surface area contributed by atoms with Crippen LogP contribution >= 0.6 is 27.7 Å². The summed E-state index contributed by atoms with van der Waals surface area (Å²) in [6, 6.07) is 10.5. The number of nitrogens with zero attached hydrogens (tertiary/aromatic N) is 2. The van der Waals surface area contributed by atoms with Crippen molar-refractivity contribution in [3.8, 4) is 0 Å². The van der Waals surface area contributed by atoms with E-state index >= 15 is 0 Å². The third-order valence-electron chi connectivity index (χ3n) is 3.19. The van der Waals surface area contributed by atoms with Crippen molar-refractivity contribution in [2.75, 3.05) is 0 Å². The van der Waals surface area contributed by atoms with Crippen LogP contribution in [0.25, 0.3) is 0 Å². The van der Waals surface area contributed by atoms with Gasteiger partial charge in [-0.3, -0.25) is 9.59 Å². The Morgan fingerprint density at radius 1 is 1.33 bits per heavy atom. The molecule has 1 aromatic carbocycles. The van der Waals surface area contributed by atoms with Crippen molar-refractivity contribution in [1.82, 2.24) is 5.32 Å². The van der Waals surface area contributed by atoms with Crippen molar-refractivity contribution in [1.29, 1.82) is 0 Å². The first-order chi connectivity index (χ1) is 11.6. The van der Waals surface area contributed by atoms with Crippen LogP contribution < -0.4 is 5.32 Å². The van der Waals surface area contributed by atoms with Gasteiger partial charge in [0.2, 0.25) is 5.91 Å². The Kier molecular flexibility index (Phi) is 5.27. The van der Waals surface area contributed by atoms with E-state index in [-0.39, 0.29) is 18.1 Å². The van der Waals surface area contributed by atoms with Crippen molar-refractivity contribution in [3.63, 3.8) is 0 Å². The first-order valence-electron chi connectivity index (χ1n) is 7.02. The number of carbonyl (C=O) groups excluding carboxylic acids is 2. The molecule has 1 aromatic heterocycles. The number of halogens is 1. The Balaban J connectivity index is 1.60. The Hall–Kier alpha value is -2.19. The zero-order valence-electron chi connectivity index (χ0n) is 12.3. The van der Waals surface area contributed by atoms with Gasteiger partial charge < -0.3 is 9.73 Å². The highest BCUT2D eigenvalue weighted by Gasteiger charge is 2.32. The highest BCUT2D eigenvalue weighted by molar-refractivity contribution is 9.10. The van der Waals surface area contributed by atoms with Crippen LogP contribution in [0.15, 0.2) is 61.8 Å². The average Bonchev–Trinajstić information content (AvgIpc) is 3.19. The molecule has 1 aliphatic heterocycles. The average molecular weight is 406 g/mol. The number of Topliss-reactive ketones (excluding diaryl/α,β-unsaturated/α-hetero) is 1. The zero-order valence-corrected chi connectivity index (χ0v) is 14.7. The second-order valence-electron chi connectivity index (χ2n) is 4.90. The Morgan fingerprint density at radius 2 is 2.12 bits per heavy atom. The van der Waals surface area contributed by atoms with Crippen molar-refractivity contribution < 1.29 is 14.0 Å². The van der Waals surface area contributed by atoms with Crippen LogP contribution in [0.3, 0.4) is 0 Å². The maximum atomic E-state index is 12.2. The molecule has 8 heteroatoms. The fourth-order valence-electron chi connectivity index (χ4n) is 2.01. The quantitative estimate of drug-likeness (QED) is 0.470. The van der Waals surface area contributed by atoms with Crippen molar-refractivity contribution in [2.45, 2.75) is 11.7 Å². The summed E-state index contributed by atoms with van der Waals surface area (Å²) >= 11 is 4.52. The van der Waals surface area contributed by atoms with E-state index in [1.165, 1.54) is 24.2 Å². The van der Waals surface area contributed by atoms with Crippen LogP contribution in [-0.4, -0.2) is 28.3 Å². The van der Waals surface area contributed by atoms with E-state index in [0.29, 0.717) is 16.5 Å². The molecule has 0 radical (unpaired) electrons. The standard InChI is InChI=1S/C16H12BrN3O3S/c17-11-5-3-10(4-6-11)13(21)8-14-15(22)19-16(24-14)20-18-9-12-2-1-7-23-12/h1-7,9,14H,8H2,(H,19,20,22)/b18-9-. The normalized spacial score (nSPS) is 19.1. The van der Waals surface area contributed by atoms with Crippen LogP contribution in [0.4, 0.5) is 0 Å². The second kappa shape index (κ2) is 7.59. The predicted octanol–water partition coefficient (Wildman–Crippen LogP) is 3.24. The van der Waals surface area contributed by atoms with Crippen molar-refractivity contribution in [2.24, 2.45) is 10.2 Å². The van der Waals surface area contributed by atoms with Gasteiger partial charge >= 0.3 is 0 Å². The summed E-state index contributed by atoms with van der Waals surface area (Å²) in [5.74, 6) is 0.239. The summed E-state index contributed by atoms with van der Waals surface area (Å²) in [6.07, 6.45) is 3.09. The van der Waals surface area contributed by atoms with Crippen LogP contribution in [-0.2, 0) is 4.79 Å². The molecule has 1 amide bonds. The van der Waals surface area contributed by atoms with Gasteiger partial charge in [0.1, 0.15) is 5.76 Å². The number of furan rings is 1. The number of hydrogen-bond acceptors (Lipinski definition) is 6. The summed E-state index contributed by atoms with van der Waals surface area (Å²) in [4.78, 5) is 24.2. The lowest BCUT2D eigenvalue weighted by Gasteiger charge is -2.04. The number of amides is 1. The van der Waals surface area contributed by atoms with E-state index in [0.717, 1.165) is 4.47 Å². The number of nitrogens with one attached hydrogen (secondary N) is 1. The molecule has 1 saturated heterocycles. The van der Waals surface area contributed by atoms with Gasteiger partial charge in [0.15, 0.2) is 11.0 Å². The molecule has 1 N–H and O–H groups in total. The molecule has 1 atom stereocenters. The third kappa shape index (κ3) is 4.21. The Bertz CT molecular complexity index is 800. The minimum absolute atomic E-state index is 0.0875. The van der Waals surface area contributed by atoms with Crippen LogP contribution in [0.5, 0.6) is 0 Å². The van der Waals surface area contributed by atoms with Gasteiger partial charge in [-0.2, -0.15) is 5.10 Å². The van der Waals surface area contributed by atoms with E-state index < -0.39 is 5.25 Å². The van der Waals surface area contributed by atoms with Crippen LogP contribution in [0.1, 0.15) is 22.5 Å².